The van der Waals surface area contributed by atoms with Gasteiger partial charge in [-0.25, -0.2) is 0 Å². The maximum Gasteiger partial charge on any atom is -0.00105 e. The van der Waals surface area contributed by atoms with Gasteiger partial charge in [0, 0.05) is 0 Å². The van der Waals surface area contributed by atoms with Gasteiger partial charge in [0.25, 0.3) is 0 Å². The van der Waals surface area contributed by atoms with Crippen LogP contribution in [0.15, 0.2) is 140 Å². The van der Waals surface area contributed by atoms with Crippen molar-refractivity contribution < 1.29 is 0 Å². The first-order chi connectivity index (χ1) is 32.8. The summed E-state index contributed by atoms with van der Waals surface area (Å²) in [5, 5.41) is 11.5. The van der Waals surface area contributed by atoms with E-state index in [1.165, 1.54) is 91.0 Å². The van der Waals surface area contributed by atoms with Gasteiger partial charge in [-0.05, 0) is 216 Å². The zero-order valence-corrected chi connectivity index (χ0v) is 41.4. The molecule has 71 heavy (non-hydrogen) atoms. The number of hydrogen-bond acceptors (Lipinski definition) is 0. The van der Waals surface area contributed by atoms with Gasteiger partial charge in [-0.15, -0.1) is 0 Å². The van der Waals surface area contributed by atoms with Gasteiger partial charge >= 0.3 is 0 Å². The molecular formula is C71H88. The lowest BCUT2D eigenvalue weighted by atomic mass is 9.56. The smallest absolute Gasteiger partial charge is 0.00105 e. The van der Waals surface area contributed by atoms with Crippen molar-refractivity contribution >= 4 is 43.1 Å². The molecule has 0 spiro atoms. The van der Waals surface area contributed by atoms with Crippen molar-refractivity contribution in [3.63, 3.8) is 0 Å². The Kier molecular flexibility index (Phi) is 15.2. The molecule has 0 amide bonds. The van der Waals surface area contributed by atoms with Crippen molar-refractivity contribution in [3.05, 3.63) is 190 Å². The molecule has 8 aromatic carbocycles. The van der Waals surface area contributed by atoms with Crippen LogP contribution in [-0.4, -0.2) is 0 Å². The molecule has 0 bridgehead atoms. The molecule has 6 aliphatic rings. The Hall–Kier alpha value is -5.20. The summed E-state index contributed by atoms with van der Waals surface area (Å²) in [6, 6.07) is 52.4. The van der Waals surface area contributed by atoms with Gasteiger partial charge in [0.1, 0.15) is 0 Å². The van der Waals surface area contributed by atoms with E-state index in [1.54, 1.807) is 27.8 Å². The number of benzene rings is 8. The topological polar surface area (TPSA) is 0 Å². The number of aryl methyl sites for hydroxylation is 3. The lowest BCUT2D eigenvalue weighted by Crippen LogP contribution is -2.42. The molecule has 4 fully saturated rings. The van der Waals surface area contributed by atoms with E-state index in [4.69, 9.17) is 0 Å². The monoisotopic (exact) mass is 941 g/mol. The summed E-state index contributed by atoms with van der Waals surface area (Å²) in [7, 11) is 0. The number of fused-ring (bicyclic) bond motifs is 16. The van der Waals surface area contributed by atoms with Crippen LogP contribution in [0, 0.1) is 59.2 Å². The Balaban J connectivity index is 0.000000152. The Labute approximate surface area is 431 Å². The zero-order valence-electron chi connectivity index (χ0n) is 41.4. The van der Waals surface area contributed by atoms with E-state index < -0.39 is 0 Å². The van der Waals surface area contributed by atoms with E-state index in [-0.39, 0.29) is 29.7 Å². The summed E-state index contributed by atoms with van der Waals surface area (Å²) in [5.41, 5.74) is 14.4. The molecule has 0 radical (unpaired) electrons. The van der Waals surface area contributed by atoms with Crippen molar-refractivity contribution in [1.29, 1.82) is 0 Å². The van der Waals surface area contributed by atoms with Gasteiger partial charge in [-0.3, -0.25) is 0 Å². The molecule has 0 N–H and O–H groups in total. The average molecular weight is 941 g/mol. The van der Waals surface area contributed by atoms with Crippen molar-refractivity contribution in [1.82, 2.24) is 0 Å². The molecule has 14 rings (SSSR count). The lowest BCUT2D eigenvalue weighted by molar-refractivity contribution is 0.0511. The third kappa shape index (κ3) is 8.08. The summed E-state index contributed by atoms with van der Waals surface area (Å²) in [6.45, 7) is 16.8. The van der Waals surface area contributed by atoms with Gasteiger partial charge < -0.3 is 0 Å². The second-order valence-electron chi connectivity index (χ2n) is 22.4. The van der Waals surface area contributed by atoms with Crippen molar-refractivity contribution in [2.24, 2.45) is 59.2 Å². The second-order valence-corrected chi connectivity index (χ2v) is 22.4. The maximum atomic E-state index is 2.54. The van der Waals surface area contributed by atoms with Crippen LogP contribution >= 0.6 is 0 Å². The Morgan fingerprint density at radius 2 is 0.718 bits per heavy atom. The van der Waals surface area contributed by atoms with E-state index in [0.717, 1.165) is 96.7 Å². The highest BCUT2D eigenvalue weighted by Crippen LogP contribution is 2.69. The Bertz CT molecular complexity index is 2990. The molecule has 6 aliphatic carbocycles. The van der Waals surface area contributed by atoms with Crippen LogP contribution in [0.2, 0.25) is 0 Å². The highest BCUT2D eigenvalue weighted by Gasteiger charge is 2.61. The van der Waals surface area contributed by atoms with Gasteiger partial charge in [-0.2, -0.15) is 0 Å². The van der Waals surface area contributed by atoms with Gasteiger partial charge in [0.15, 0.2) is 0 Å². The van der Waals surface area contributed by atoms with E-state index in [0.29, 0.717) is 0 Å². The van der Waals surface area contributed by atoms with Crippen LogP contribution in [0.25, 0.3) is 43.1 Å². The van der Waals surface area contributed by atoms with Crippen LogP contribution in [0.4, 0.5) is 0 Å². The maximum absolute atomic E-state index is 2.54. The summed E-state index contributed by atoms with van der Waals surface area (Å²) in [5.74, 6) is 11.3. The first kappa shape index (κ1) is 52.1. The minimum atomic E-state index is 0. The van der Waals surface area contributed by atoms with Crippen LogP contribution in [-0.2, 0) is 38.5 Å². The normalized spacial score (nSPS) is 27.5. The molecule has 12 atom stereocenters. The highest BCUT2D eigenvalue weighted by atomic mass is 14.7. The molecule has 8 aromatic rings. The first-order valence-corrected chi connectivity index (χ1v) is 26.8. The fourth-order valence-corrected chi connectivity index (χ4v) is 16.6. The zero-order chi connectivity index (χ0) is 45.7. The van der Waals surface area contributed by atoms with Crippen LogP contribution < -0.4 is 0 Å². The molecule has 0 aliphatic heterocycles. The highest BCUT2D eigenvalue weighted by molar-refractivity contribution is 6.07. The molecule has 0 saturated heterocycles. The first-order valence-electron chi connectivity index (χ1n) is 26.8. The molecule has 0 heterocycles. The van der Waals surface area contributed by atoms with Crippen LogP contribution in [0.1, 0.15) is 153 Å². The van der Waals surface area contributed by atoms with Gasteiger partial charge in [-0.1, -0.05) is 218 Å². The second kappa shape index (κ2) is 20.7. The van der Waals surface area contributed by atoms with E-state index in [2.05, 4.69) is 188 Å². The summed E-state index contributed by atoms with van der Waals surface area (Å²) < 4.78 is 0. The third-order valence-corrected chi connectivity index (χ3v) is 19.8. The van der Waals surface area contributed by atoms with Crippen molar-refractivity contribution in [2.45, 2.75) is 141 Å². The minimum absolute atomic E-state index is 0. The lowest BCUT2D eigenvalue weighted by Gasteiger charge is -2.48. The van der Waals surface area contributed by atoms with Crippen molar-refractivity contribution in [3.8, 4) is 0 Å². The van der Waals surface area contributed by atoms with E-state index in [1.807, 2.05) is 0 Å². The van der Waals surface area contributed by atoms with Gasteiger partial charge in [0.05, 0.1) is 0 Å². The predicted octanol–water partition coefficient (Wildman–Crippen LogP) is 19.9. The minimum Gasteiger partial charge on any atom is -0.0776 e. The molecular weight excluding hydrogens is 853 g/mol. The largest absolute Gasteiger partial charge is 0.0776 e. The number of rotatable bonds is 5. The summed E-state index contributed by atoms with van der Waals surface area (Å²) >= 11 is 0. The molecule has 0 heteroatoms. The van der Waals surface area contributed by atoms with Crippen LogP contribution in [0.5, 0.6) is 0 Å². The van der Waals surface area contributed by atoms with Crippen molar-refractivity contribution in [2.75, 3.05) is 0 Å². The van der Waals surface area contributed by atoms with Gasteiger partial charge in [0.2, 0.25) is 0 Å². The summed E-state index contributed by atoms with van der Waals surface area (Å²) in [6.07, 6.45) is 9.97. The molecule has 4 saturated carbocycles. The molecule has 0 aromatic heterocycles. The van der Waals surface area contributed by atoms with Crippen LogP contribution in [0.3, 0.4) is 0 Å². The molecule has 0 nitrogen and oxygen atoms in total. The molecule has 372 valence electrons. The average Bonchev–Trinajstić information content (AvgIpc) is 4.03. The summed E-state index contributed by atoms with van der Waals surface area (Å²) in [4.78, 5) is 0. The SMILES string of the molecule is C.C.C.C.CCc1c2ccccc2c(CC)c2ccccc12.CCc1c2ccccc2c(Cc2cccc3c2[C@@H]2C(C3)[C@@H]3C[C@H](C)[C@H](C)[C@H]23)c2ccccc12.C[C@@H]1[C@H]2C(C[C@@H]1C)[C@H]1Cc3ccccc3C12. The fraction of sp³-hybridized carbons (Fsp3) is 0.437. The molecule has 3 unspecified atom stereocenters. The van der Waals surface area contributed by atoms with E-state index >= 15 is 0 Å². The predicted molar refractivity (Wildman–Crippen MR) is 313 cm³/mol. The third-order valence-electron chi connectivity index (χ3n) is 19.8. The Morgan fingerprint density at radius 1 is 0.366 bits per heavy atom. The van der Waals surface area contributed by atoms with E-state index in [9.17, 15) is 0 Å². The Morgan fingerprint density at radius 3 is 1.15 bits per heavy atom. The fourth-order valence-electron chi connectivity index (χ4n) is 16.6. The standard InChI is InChI=1S/C33H34.C18H18.C16H20.4CH4/c1-4-23-24-12-5-7-14-26(24)28(27-15-8-6-13-25(23)27)17-21-10-9-11-22-18-30-29-16-19(2)20(3)31(29)33(30)32(21)22;1-3-13-15-9-5-7-11-17(15)14(4-2)18-12-8-6-10-16(13)18;1-9-7-13-14-8-11-5-3-4-6-12(11)16(14)15(13)10(9)2;;;;/h5-15,19-20,29-31,33H,4,16-18H2,1-3H3;5-12H,3-4H2,1-2H3;3-6,9-10,13-16H,7-8H2,1-2H3;4*1H4/t19-,20-,29-,30?,31-,33+;;9-,10-,13?,14+,15-,16?;;;;/m0.0..../s1. The quantitative estimate of drug-likeness (QED) is 0.151. The number of hydrogen-bond donors (Lipinski definition) is 0.